The zero-order valence-electron chi connectivity index (χ0n) is 11.0. The van der Waals surface area contributed by atoms with Gasteiger partial charge in [0.2, 0.25) is 0 Å². The Hall–Kier alpha value is -1.00. The summed E-state index contributed by atoms with van der Waals surface area (Å²) in [5.74, 6) is -0.243. The van der Waals surface area contributed by atoms with Crippen LogP contribution in [-0.4, -0.2) is 18.3 Å². The van der Waals surface area contributed by atoms with Crippen LogP contribution < -0.4 is 5.32 Å². The Morgan fingerprint density at radius 3 is 2.32 bits per heavy atom. The smallest absolute Gasteiger partial charge is 0.126 e. The van der Waals surface area contributed by atoms with Gasteiger partial charge in [-0.25, -0.2) is 8.78 Å². The van der Waals surface area contributed by atoms with Gasteiger partial charge in [-0.15, -0.1) is 0 Å². The Balaban J connectivity index is 1.82. The van der Waals surface area contributed by atoms with Gasteiger partial charge < -0.3 is 10.4 Å². The third kappa shape index (κ3) is 4.25. The van der Waals surface area contributed by atoms with Crippen molar-refractivity contribution >= 4 is 0 Å². The number of aliphatic hydroxyl groups is 1. The van der Waals surface area contributed by atoms with Crippen molar-refractivity contribution in [1.82, 2.24) is 5.32 Å². The first-order valence-corrected chi connectivity index (χ1v) is 6.95. The normalized spacial score (nSPS) is 23.5. The van der Waals surface area contributed by atoms with Crippen LogP contribution >= 0.6 is 0 Å². The van der Waals surface area contributed by atoms with Crippen LogP contribution in [0.15, 0.2) is 18.2 Å². The summed E-state index contributed by atoms with van der Waals surface area (Å²) < 4.78 is 26.1. The molecule has 2 nitrogen and oxygen atoms in total. The summed E-state index contributed by atoms with van der Waals surface area (Å²) in [6.07, 6.45) is 4.60. The fourth-order valence-electron chi connectivity index (χ4n) is 2.91. The molecule has 0 aliphatic heterocycles. The highest BCUT2D eigenvalue weighted by Gasteiger charge is 2.23. The monoisotopic (exact) mass is 269 g/mol. The maximum absolute atomic E-state index is 13.0. The predicted molar refractivity (Wildman–Crippen MR) is 70.6 cm³/mol. The predicted octanol–water partition coefficient (Wildman–Crippen LogP) is 2.85. The number of hydrogen-bond donors (Lipinski definition) is 2. The van der Waals surface area contributed by atoms with E-state index in [1.807, 2.05) is 0 Å². The average Bonchev–Trinajstić information content (AvgIpc) is 2.38. The molecule has 19 heavy (non-hydrogen) atoms. The molecule has 0 bridgehead atoms. The Kier molecular flexibility index (Phi) is 5.28. The summed E-state index contributed by atoms with van der Waals surface area (Å²) in [5, 5.41) is 12.6. The maximum atomic E-state index is 13.0. The van der Waals surface area contributed by atoms with E-state index in [0.717, 1.165) is 25.5 Å². The Morgan fingerprint density at radius 2 is 1.68 bits per heavy atom. The highest BCUT2D eigenvalue weighted by atomic mass is 19.1. The highest BCUT2D eigenvalue weighted by molar-refractivity contribution is 5.17. The van der Waals surface area contributed by atoms with Gasteiger partial charge in [-0.1, -0.05) is 12.8 Å². The van der Waals surface area contributed by atoms with Gasteiger partial charge in [0, 0.05) is 19.2 Å². The quantitative estimate of drug-likeness (QED) is 0.861. The maximum Gasteiger partial charge on any atom is 0.126 e. The van der Waals surface area contributed by atoms with Gasteiger partial charge in [-0.3, -0.25) is 0 Å². The summed E-state index contributed by atoms with van der Waals surface area (Å²) in [7, 11) is 0. The lowest BCUT2D eigenvalue weighted by molar-refractivity contribution is 0.133. The second kappa shape index (κ2) is 6.96. The zero-order valence-corrected chi connectivity index (χ0v) is 11.0. The lowest BCUT2D eigenvalue weighted by Crippen LogP contribution is -2.32. The molecule has 0 spiro atoms. The minimum absolute atomic E-state index is 0.237. The van der Waals surface area contributed by atoms with Crippen molar-refractivity contribution in [2.75, 3.05) is 13.2 Å². The molecule has 0 radical (unpaired) electrons. The van der Waals surface area contributed by atoms with Gasteiger partial charge >= 0.3 is 0 Å². The van der Waals surface area contributed by atoms with Crippen molar-refractivity contribution in [2.24, 2.45) is 11.8 Å². The summed E-state index contributed by atoms with van der Waals surface area (Å²) in [6, 6.07) is 3.58. The first-order valence-electron chi connectivity index (χ1n) is 6.95. The lowest BCUT2D eigenvalue weighted by atomic mass is 9.79. The van der Waals surface area contributed by atoms with Crippen LogP contribution in [0.4, 0.5) is 8.78 Å². The summed E-state index contributed by atoms with van der Waals surface area (Å²) in [6.45, 7) is 1.49. The van der Waals surface area contributed by atoms with Crippen molar-refractivity contribution in [3.63, 3.8) is 0 Å². The van der Waals surface area contributed by atoms with Gasteiger partial charge in [0.15, 0.2) is 0 Å². The van der Waals surface area contributed by atoms with Crippen LogP contribution in [0.5, 0.6) is 0 Å². The van der Waals surface area contributed by atoms with Crippen molar-refractivity contribution in [3.05, 3.63) is 35.4 Å². The van der Waals surface area contributed by atoms with E-state index >= 15 is 0 Å². The molecule has 1 saturated carbocycles. The molecule has 0 amide bonds. The zero-order chi connectivity index (χ0) is 13.7. The van der Waals surface area contributed by atoms with E-state index in [4.69, 9.17) is 0 Å². The summed E-state index contributed by atoms with van der Waals surface area (Å²) in [4.78, 5) is 0. The van der Waals surface area contributed by atoms with E-state index in [0.29, 0.717) is 23.9 Å². The van der Waals surface area contributed by atoms with E-state index in [1.54, 1.807) is 0 Å². The number of nitrogens with one attached hydrogen (secondary N) is 1. The first-order chi connectivity index (χ1) is 9.19. The number of halogens is 2. The molecule has 1 aliphatic carbocycles. The molecule has 0 aromatic heterocycles. The van der Waals surface area contributed by atoms with Crippen LogP contribution in [-0.2, 0) is 6.54 Å². The van der Waals surface area contributed by atoms with E-state index in [9.17, 15) is 13.9 Å². The minimum Gasteiger partial charge on any atom is -0.396 e. The molecular formula is C15H21F2NO. The number of hydrogen-bond acceptors (Lipinski definition) is 2. The largest absolute Gasteiger partial charge is 0.396 e. The van der Waals surface area contributed by atoms with Crippen LogP contribution in [0, 0.1) is 23.5 Å². The molecule has 1 aromatic rings. The van der Waals surface area contributed by atoms with Gasteiger partial charge in [-0.05, 0) is 48.9 Å². The van der Waals surface area contributed by atoms with Crippen LogP contribution in [0.25, 0.3) is 0 Å². The fraction of sp³-hybridized carbons (Fsp3) is 0.600. The third-order valence-corrected chi connectivity index (χ3v) is 3.96. The van der Waals surface area contributed by atoms with Crippen LogP contribution in [0.2, 0.25) is 0 Å². The molecule has 2 atom stereocenters. The van der Waals surface area contributed by atoms with Gasteiger partial charge in [-0.2, -0.15) is 0 Å². The van der Waals surface area contributed by atoms with E-state index in [-0.39, 0.29) is 6.61 Å². The molecular weight excluding hydrogens is 248 g/mol. The second-order valence-electron chi connectivity index (χ2n) is 5.40. The van der Waals surface area contributed by atoms with Crippen molar-refractivity contribution in [2.45, 2.75) is 32.2 Å². The van der Waals surface area contributed by atoms with Gasteiger partial charge in [0.1, 0.15) is 11.6 Å². The molecule has 1 aromatic carbocycles. The van der Waals surface area contributed by atoms with Gasteiger partial charge in [0.25, 0.3) is 0 Å². The molecule has 1 aliphatic rings. The molecule has 1 fully saturated rings. The van der Waals surface area contributed by atoms with Crippen molar-refractivity contribution in [1.29, 1.82) is 0 Å². The SMILES string of the molecule is OCC1CCCCC1CNCc1cc(F)cc(F)c1. The highest BCUT2D eigenvalue weighted by Crippen LogP contribution is 2.29. The molecule has 2 rings (SSSR count). The standard InChI is InChI=1S/C15H21F2NO/c16-14-5-11(6-15(17)7-14)8-18-9-12-3-1-2-4-13(12)10-19/h5-7,12-13,18-19H,1-4,8-10H2. The number of benzene rings is 1. The fourth-order valence-corrected chi connectivity index (χ4v) is 2.91. The minimum atomic E-state index is -0.539. The van der Waals surface area contributed by atoms with Crippen molar-refractivity contribution in [3.8, 4) is 0 Å². The molecule has 4 heteroatoms. The lowest BCUT2D eigenvalue weighted by Gasteiger charge is -2.30. The van der Waals surface area contributed by atoms with E-state index in [2.05, 4.69) is 5.32 Å². The second-order valence-corrected chi connectivity index (χ2v) is 5.40. The Morgan fingerprint density at radius 1 is 1.05 bits per heavy atom. The third-order valence-electron chi connectivity index (χ3n) is 3.96. The Labute approximate surface area is 112 Å². The summed E-state index contributed by atoms with van der Waals surface area (Å²) in [5.41, 5.74) is 0.619. The van der Waals surface area contributed by atoms with E-state index < -0.39 is 11.6 Å². The summed E-state index contributed by atoms with van der Waals surface area (Å²) >= 11 is 0. The van der Waals surface area contributed by atoms with Gasteiger partial charge in [0.05, 0.1) is 0 Å². The topological polar surface area (TPSA) is 32.3 Å². The molecule has 0 heterocycles. The van der Waals surface area contributed by atoms with Crippen LogP contribution in [0.3, 0.4) is 0 Å². The number of aliphatic hydroxyl groups excluding tert-OH is 1. The Bertz CT molecular complexity index is 391. The molecule has 2 N–H and O–H groups in total. The van der Waals surface area contributed by atoms with Crippen LogP contribution in [0.1, 0.15) is 31.2 Å². The molecule has 0 saturated heterocycles. The molecule has 2 unspecified atom stereocenters. The average molecular weight is 269 g/mol. The van der Waals surface area contributed by atoms with Crippen molar-refractivity contribution < 1.29 is 13.9 Å². The number of rotatable bonds is 5. The van der Waals surface area contributed by atoms with E-state index in [1.165, 1.54) is 25.0 Å². The first kappa shape index (κ1) is 14.4. The molecule has 106 valence electrons.